The molecule has 1 fully saturated rings. The Labute approximate surface area is 129 Å². The first-order valence-electron chi connectivity index (χ1n) is 6.52. The van der Waals surface area contributed by atoms with Crippen molar-refractivity contribution in [3.8, 4) is 0 Å². The van der Waals surface area contributed by atoms with Gasteiger partial charge in [0.1, 0.15) is 6.10 Å². The lowest BCUT2D eigenvalue weighted by Gasteiger charge is -2.45. The first-order chi connectivity index (χ1) is 10.7. The summed E-state index contributed by atoms with van der Waals surface area (Å²) in [6.45, 7) is -1.58. The van der Waals surface area contributed by atoms with Gasteiger partial charge in [0.2, 0.25) is 5.60 Å². The fourth-order valence-corrected chi connectivity index (χ4v) is 2.52. The molecule has 2 rings (SSSR count). The molecule has 0 aromatic heterocycles. The van der Waals surface area contributed by atoms with Crippen molar-refractivity contribution >= 4 is 5.97 Å². The predicted octanol–water partition coefficient (Wildman–Crippen LogP) is -1.71. The maximum Gasteiger partial charge on any atom is 0.386 e. The quantitative estimate of drug-likeness (QED) is 0.245. The van der Waals surface area contributed by atoms with Gasteiger partial charge in [-0.25, -0.2) is 4.79 Å². The Balaban J connectivity index is 2.52. The third kappa shape index (κ3) is 2.46. The van der Waals surface area contributed by atoms with Gasteiger partial charge in [0, 0.05) is 0 Å². The number of carboxylic acids is 1. The monoisotopic (exact) mass is 329 g/mol. The van der Waals surface area contributed by atoms with E-state index in [1.165, 1.54) is 0 Å². The first kappa shape index (κ1) is 17.2. The van der Waals surface area contributed by atoms with Gasteiger partial charge in [0.05, 0.1) is 23.7 Å². The Morgan fingerprint density at radius 1 is 1.35 bits per heavy atom. The molecule has 126 valence electrons. The molecule has 0 aliphatic carbocycles. The molecule has 0 bridgehead atoms. The van der Waals surface area contributed by atoms with Gasteiger partial charge in [0.25, 0.3) is 0 Å². The Kier molecular flexibility index (Phi) is 4.37. The van der Waals surface area contributed by atoms with Gasteiger partial charge in [-0.1, -0.05) is 12.1 Å². The summed E-state index contributed by atoms with van der Waals surface area (Å²) in [4.78, 5) is 20.9. The number of carboxylic acid groups (broad SMARTS) is 1. The van der Waals surface area contributed by atoms with Crippen LogP contribution in [-0.2, 0) is 10.3 Å². The molecule has 10 nitrogen and oxygen atoms in total. The number of rotatable bonds is 4. The van der Waals surface area contributed by atoms with Crippen LogP contribution in [-0.4, -0.2) is 67.6 Å². The van der Waals surface area contributed by atoms with Crippen LogP contribution in [0.1, 0.15) is 15.9 Å². The van der Waals surface area contributed by atoms with Crippen LogP contribution < -0.4 is 0 Å². The lowest BCUT2D eigenvalue weighted by atomic mass is 9.77. The van der Waals surface area contributed by atoms with Crippen LogP contribution in [0.15, 0.2) is 24.3 Å². The number of aliphatic hydroxyl groups excluding tert-OH is 2. The molecule has 1 aliphatic heterocycles. The van der Waals surface area contributed by atoms with E-state index in [-0.39, 0.29) is 11.1 Å². The topological polar surface area (TPSA) is 171 Å². The van der Waals surface area contributed by atoms with Gasteiger partial charge >= 0.3 is 11.7 Å². The molecule has 4 atom stereocenters. The average molecular weight is 329 g/mol. The van der Waals surface area contributed by atoms with E-state index >= 15 is 0 Å². The number of nitro groups is 1. The maximum absolute atomic E-state index is 11.3. The minimum atomic E-state index is -3.25. The lowest BCUT2D eigenvalue weighted by Crippen LogP contribution is -2.72. The molecule has 0 spiro atoms. The normalized spacial score (nSPS) is 34.1. The van der Waals surface area contributed by atoms with Crippen molar-refractivity contribution in [1.82, 2.24) is 0 Å². The van der Waals surface area contributed by atoms with E-state index in [2.05, 4.69) is 0 Å². The number of aliphatic hydroxyl groups is 4. The number of benzene rings is 1. The molecule has 5 N–H and O–H groups in total. The molecule has 10 heteroatoms. The van der Waals surface area contributed by atoms with Crippen molar-refractivity contribution in [2.75, 3.05) is 13.2 Å². The van der Waals surface area contributed by atoms with Crippen LogP contribution in [0.2, 0.25) is 0 Å². The summed E-state index contributed by atoms with van der Waals surface area (Å²) in [7, 11) is 0. The van der Waals surface area contributed by atoms with Gasteiger partial charge in [-0.15, -0.1) is 0 Å². The minimum absolute atomic E-state index is 0.132. The number of nitrogens with zero attached hydrogens (tertiary/aromatic N) is 1. The van der Waals surface area contributed by atoms with Crippen LogP contribution >= 0.6 is 0 Å². The molecule has 1 heterocycles. The summed E-state index contributed by atoms with van der Waals surface area (Å²) in [6.07, 6.45) is -3.66. The molecular formula is C13H15NO9. The van der Waals surface area contributed by atoms with Gasteiger partial charge in [0.15, 0.2) is 6.10 Å². The predicted molar refractivity (Wildman–Crippen MR) is 72.1 cm³/mol. The van der Waals surface area contributed by atoms with E-state index < -0.39 is 47.6 Å². The molecular weight excluding hydrogens is 314 g/mol. The maximum atomic E-state index is 11.3. The second kappa shape index (κ2) is 5.83. The number of hydrogen-bond acceptors (Lipinski definition) is 8. The highest BCUT2D eigenvalue weighted by atomic mass is 16.7. The van der Waals surface area contributed by atoms with Crippen molar-refractivity contribution in [2.24, 2.45) is 0 Å². The van der Waals surface area contributed by atoms with Crippen molar-refractivity contribution in [3.05, 3.63) is 45.5 Å². The standard InChI is InChI=1S/C13H15NO9/c15-5-9-10(16)13(20,14(21)22)12(19,6-23-9)8-3-1-7(2-4-8)11(17)18/h1-4,9-10,15-16,19-20H,5-6H2,(H,17,18)/t9-,10+,12+,13+/m1/s1. The fourth-order valence-electron chi connectivity index (χ4n) is 2.52. The van der Waals surface area contributed by atoms with Crippen molar-refractivity contribution in [3.63, 3.8) is 0 Å². The summed E-state index contributed by atoms with van der Waals surface area (Å²) < 4.78 is 5.00. The largest absolute Gasteiger partial charge is 0.478 e. The minimum Gasteiger partial charge on any atom is -0.478 e. The third-order valence-corrected chi connectivity index (χ3v) is 3.95. The molecule has 1 aromatic rings. The lowest BCUT2D eigenvalue weighted by molar-refractivity contribution is -0.677. The molecule has 0 unspecified atom stereocenters. The Morgan fingerprint density at radius 2 is 1.91 bits per heavy atom. The van der Waals surface area contributed by atoms with Crippen molar-refractivity contribution in [2.45, 2.75) is 23.5 Å². The second-order valence-electron chi connectivity index (χ2n) is 5.20. The summed E-state index contributed by atoms with van der Waals surface area (Å²) in [5.41, 5.74) is -6.23. The van der Waals surface area contributed by atoms with E-state index in [1.54, 1.807) is 0 Å². The highest BCUT2D eigenvalue weighted by Crippen LogP contribution is 2.41. The van der Waals surface area contributed by atoms with Crippen LogP contribution in [0.25, 0.3) is 0 Å². The molecule has 23 heavy (non-hydrogen) atoms. The van der Waals surface area contributed by atoms with E-state index in [1.807, 2.05) is 0 Å². The zero-order chi connectivity index (χ0) is 17.4. The summed E-state index contributed by atoms with van der Waals surface area (Å²) in [5, 5.41) is 60.2. The molecule has 0 amide bonds. The zero-order valence-electron chi connectivity index (χ0n) is 11.7. The second-order valence-corrected chi connectivity index (χ2v) is 5.20. The smallest absolute Gasteiger partial charge is 0.386 e. The van der Waals surface area contributed by atoms with Crippen molar-refractivity contribution in [1.29, 1.82) is 0 Å². The van der Waals surface area contributed by atoms with E-state index in [0.29, 0.717) is 0 Å². The van der Waals surface area contributed by atoms with Crippen LogP contribution in [0, 0.1) is 10.1 Å². The highest BCUT2D eigenvalue weighted by Gasteiger charge is 2.70. The zero-order valence-corrected chi connectivity index (χ0v) is 11.7. The van der Waals surface area contributed by atoms with Crippen molar-refractivity contribution < 1.29 is 40.0 Å². The van der Waals surface area contributed by atoms with Gasteiger partial charge in [-0.3, -0.25) is 10.1 Å². The van der Waals surface area contributed by atoms with Gasteiger partial charge in [-0.2, -0.15) is 0 Å². The molecule has 1 aromatic carbocycles. The third-order valence-electron chi connectivity index (χ3n) is 3.95. The number of ether oxygens (including phenoxy) is 1. The van der Waals surface area contributed by atoms with Crippen LogP contribution in [0.4, 0.5) is 0 Å². The van der Waals surface area contributed by atoms with Gasteiger partial charge < -0.3 is 30.3 Å². The summed E-state index contributed by atoms with van der Waals surface area (Å²) in [6, 6.07) is 4.32. The highest BCUT2D eigenvalue weighted by molar-refractivity contribution is 5.87. The van der Waals surface area contributed by atoms with E-state index in [9.17, 15) is 30.2 Å². The summed E-state index contributed by atoms with van der Waals surface area (Å²) in [5.74, 6) is -1.24. The Bertz CT molecular complexity index is 618. The molecule has 1 saturated heterocycles. The van der Waals surface area contributed by atoms with Gasteiger partial charge in [-0.05, 0) is 17.7 Å². The van der Waals surface area contributed by atoms with Crippen LogP contribution in [0.5, 0.6) is 0 Å². The molecule has 0 saturated carbocycles. The molecule has 0 radical (unpaired) electrons. The van der Waals surface area contributed by atoms with Crippen LogP contribution in [0.3, 0.4) is 0 Å². The number of carbonyl (C=O) groups is 1. The SMILES string of the molecule is O=C(O)c1ccc([C@@]2(O)CO[C@H](CO)[C@H](O)[C@@]2(O)[N+](=O)[O-])cc1. The van der Waals surface area contributed by atoms with E-state index in [0.717, 1.165) is 24.3 Å². The fraction of sp³-hybridized carbons (Fsp3) is 0.462. The number of aromatic carboxylic acids is 1. The average Bonchev–Trinajstić information content (AvgIpc) is 2.52. The first-order valence-corrected chi connectivity index (χ1v) is 6.52. The summed E-state index contributed by atoms with van der Waals surface area (Å²) >= 11 is 0. The Morgan fingerprint density at radius 3 is 2.35 bits per heavy atom. The molecule has 1 aliphatic rings. The number of hydrogen-bond donors (Lipinski definition) is 5. The van der Waals surface area contributed by atoms with E-state index in [4.69, 9.17) is 14.9 Å². The Hall–Kier alpha value is -2.11.